The lowest BCUT2D eigenvalue weighted by molar-refractivity contribution is 0.100. The van der Waals surface area contributed by atoms with Crippen LogP contribution in [0.2, 0.25) is 0 Å². The molecule has 1 rings (SSSR count). The number of aliphatic imine (C=N–C) groups is 2. The van der Waals surface area contributed by atoms with Gasteiger partial charge in [0.15, 0.2) is 5.96 Å². The molecule has 18 heavy (non-hydrogen) atoms. The highest BCUT2D eigenvalue weighted by atomic mass is 35.5. The number of benzene rings is 1. The van der Waals surface area contributed by atoms with Crippen LogP contribution in [0.15, 0.2) is 34.3 Å². The van der Waals surface area contributed by atoms with Crippen LogP contribution in [0, 0.1) is 0 Å². The first-order chi connectivity index (χ1) is 7.99. The normalized spacial score (nSPS) is 10.3. The Hall–Kier alpha value is -2.28. The first-order valence-corrected chi connectivity index (χ1v) is 4.77. The molecule has 1 aromatic rings. The molecule has 0 saturated heterocycles. The number of primary amides is 1. The summed E-state index contributed by atoms with van der Waals surface area (Å²) in [6.07, 6.45) is 0. The molecule has 0 fully saturated rings. The molecule has 0 aliphatic heterocycles. The van der Waals surface area contributed by atoms with E-state index in [2.05, 4.69) is 9.98 Å². The summed E-state index contributed by atoms with van der Waals surface area (Å²) in [5.74, 6) is -0.612. The molecule has 0 heterocycles. The second-order valence-electron chi connectivity index (χ2n) is 3.27. The lowest BCUT2D eigenvalue weighted by atomic mass is 10.1. The van der Waals surface area contributed by atoms with E-state index in [4.69, 9.17) is 22.9 Å². The first-order valence-electron chi connectivity index (χ1n) is 4.77. The average molecular weight is 271 g/mol. The third-order valence-corrected chi connectivity index (χ3v) is 1.91. The molecule has 7 nitrogen and oxygen atoms in total. The summed E-state index contributed by atoms with van der Waals surface area (Å²) in [5.41, 5.74) is 22.1. The van der Waals surface area contributed by atoms with E-state index in [1.807, 2.05) is 0 Å². The SMILES string of the molecule is Cl.NC(=O)c1ccc(CN=C(N)N=C(N)N)cc1. The third kappa shape index (κ3) is 5.17. The van der Waals surface area contributed by atoms with Crippen molar-refractivity contribution in [2.24, 2.45) is 32.9 Å². The second kappa shape index (κ2) is 7.13. The molecule has 98 valence electrons. The van der Waals surface area contributed by atoms with Crippen molar-refractivity contribution in [3.8, 4) is 0 Å². The van der Waals surface area contributed by atoms with E-state index in [0.717, 1.165) is 5.56 Å². The number of nitrogens with zero attached hydrogens (tertiary/aromatic N) is 2. The first kappa shape index (κ1) is 15.7. The van der Waals surface area contributed by atoms with Crippen LogP contribution in [0.25, 0.3) is 0 Å². The number of hydrogen-bond donors (Lipinski definition) is 4. The third-order valence-electron chi connectivity index (χ3n) is 1.91. The maximum atomic E-state index is 10.8. The van der Waals surface area contributed by atoms with Crippen molar-refractivity contribution in [2.45, 2.75) is 6.54 Å². The molecular formula is C10H15ClN6O. The molecule has 0 aromatic heterocycles. The van der Waals surface area contributed by atoms with Crippen molar-refractivity contribution in [3.63, 3.8) is 0 Å². The van der Waals surface area contributed by atoms with Crippen molar-refractivity contribution >= 4 is 30.2 Å². The minimum Gasteiger partial charge on any atom is -0.370 e. The van der Waals surface area contributed by atoms with E-state index in [-0.39, 0.29) is 24.3 Å². The maximum absolute atomic E-state index is 10.8. The summed E-state index contributed by atoms with van der Waals surface area (Å²) < 4.78 is 0. The van der Waals surface area contributed by atoms with Crippen LogP contribution in [0.1, 0.15) is 15.9 Å². The molecule has 0 aliphatic carbocycles. The summed E-state index contributed by atoms with van der Waals surface area (Å²) >= 11 is 0. The number of guanidine groups is 2. The van der Waals surface area contributed by atoms with Crippen LogP contribution in [0.3, 0.4) is 0 Å². The number of carbonyl (C=O) groups excluding carboxylic acids is 1. The molecule has 0 atom stereocenters. The molecule has 0 saturated carbocycles. The largest absolute Gasteiger partial charge is 0.370 e. The minimum absolute atomic E-state index is 0. The highest BCUT2D eigenvalue weighted by molar-refractivity contribution is 5.93. The Bertz CT molecular complexity index is 464. The Morgan fingerprint density at radius 3 is 2.06 bits per heavy atom. The van der Waals surface area contributed by atoms with E-state index in [9.17, 15) is 4.79 Å². The highest BCUT2D eigenvalue weighted by Gasteiger charge is 1.99. The fourth-order valence-electron chi connectivity index (χ4n) is 1.11. The molecular weight excluding hydrogens is 256 g/mol. The number of rotatable bonds is 3. The van der Waals surface area contributed by atoms with Crippen molar-refractivity contribution in [3.05, 3.63) is 35.4 Å². The van der Waals surface area contributed by atoms with Gasteiger partial charge in [-0.1, -0.05) is 12.1 Å². The van der Waals surface area contributed by atoms with E-state index in [1.165, 1.54) is 0 Å². The average Bonchev–Trinajstić information content (AvgIpc) is 2.26. The summed E-state index contributed by atoms with van der Waals surface area (Å²) in [6, 6.07) is 6.69. The lowest BCUT2D eigenvalue weighted by Gasteiger charge is -1.99. The minimum atomic E-state index is -0.472. The predicted molar refractivity (Wildman–Crippen MR) is 73.3 cm³/mol. The molecule has 8 heteroatoms. The summed E-state index contributed by atoms with van der Waals surface area (Å²) in [4.78, 5) is 18.3. The zero-order valence-corrected chi connectivity index (χ0v) is 10.4. The summed E-state index contributed by atoms with van der Waals surface area (Å²) in [5, 5.41) is 0. The van der Waals surface area contributed by atoms with Crippen LogP contribution in [-0.2, 0) is 6.54 Å². The quantitative estimate of drug-likeness (QED) is 0.424. The van der Waals surface area contributed by atoms with Crippen LogP contribution >= 0.6 is 12.4 Å². The van der Waals surface area contributed by atoms with Crippen molar-refractivity contribution < 1.29 is 4.79 Å². The van der Waals surface area contributed by atoms with E-state index in [0.29, 0.717) is 12.1 Å². The van der Waals surface area contributed by atoms with Crippen LogP contribution in [-0.4, -0.2) is 17.8 Å². The number of carbonyl (C=O) groups is 1. The van der Waals surface area contributed by atoms with Gasteiger partial charge in [0.1, 0.15) is 0 Å². The molecule has 0 aliphatic rings. The molecule has 1 aromatic carbocycles. The van der Waals surface area contributed by atoms with Gasteiger partial charge in [-0.05, 0) is 17.7 Å². The van der Waals surface area contributed by atoms with Crippen molar-refractivity contribution in [2.75, 3.05) is 0 Å². The summed E-state index contributed by atoms with van der Waals surface area (Å²) in [7, 11) is 0. The van der Waals surface area contributed by atoms with Gasteiger partial charge in [0.05, 0.1) is 6.54 Å². The Morgan fingerprint density at radius 2 is 1.61 bits per heavy atom. The Balaban J connectivity index is 0.00000289. The van der Waals surface area contributed by atoms with Gasteiger partial charge < -0.3 is 22.9 Å². The van der Waals surface area contributed by atoms with Crippen molar-refractivity contribution in [1.29, 1.82) is 0 Å². The van der Waals surface area contributed by atoms with E-state index in [1.54, 1.807) is 24.3 Å². The number of nitrogens with two attached hydrogens (primary N) is 4. The van der Waals surface area contributed by atoms with Gasteiger partial charge in [0.2, 0.25) is 11.9 Å². The van der Waals surface area contributed by atoms with Gasteiger partial charge in [0, 0.05) is 5.56 Å². The standard InChI is InChI=1S/C10H14N6O.ClH/c11-8(17)7-3-1-6(2-4-7)5-15-10(14)16-9(12)13;/h1-4H,5H2,(H2,11,17)(H6,12,13,14,15,16);1H. The zero-order valence-electron chi connectivity index (χ0n) is 9.54. The van der Waals surface area contributed by atoms with Gasteiger partial charge >= 0.3 is 0 Å². The van der Waals surface area contributed by atoms with E-state index < -0.39 is 5.91 Å². The van der Waals surface area contributed by atoms with Crippen molar-refractivity contribution in [1.82, 2.24) is 0 Å². The predicted octanol–water partition coefficient (Wildman–Crippen LogP) is -0.705. The molecule has 1 amide bonds. The molecule has 0 radical (unpaired) electrons. The maximum Gasteiger partial charge on any atom is 0.248 e. The number of hydrogen-bond acceptors (Lipinski definition) is 2. The Kier molecular flexibility index (Phi) is 6.22. The smallest absolute Gasteiger partial charge is 0.248 e. The lowest BCUT2D eigenvalue weighted by Crippen LogP contribution is -2.26. The van der Waals surface area contributed by atoms with Gasteiger partial charge in [-0.2, -0.15) is 4.99 Å². The van der Waals surface area contributed by atoms with Gasteiger partial charge in [0.25, 0.3) is 0 Å². The topological polar surface area (TPSA) is 146 Å². The van der Waals surface area contributed by atoms with Crippen LogP contribution in [0.4, 0.5) is 0 Å². The number of amides is 1. The molecule has 0 spiro atoms. The number of halogens is 1. The van der Waals surface area contributed by atoms with E-state index >= 15 is 0 Å². The molecule has 0 bridgehead atoms. The summed E-state index contributed by atoms with van der Waals surface area (Å²) in [6.45, 7) is 0.321. The van der Waals surface area contributed by atoms with Crippen LogP contribution in [0.5, 0.6) is 0 Å². The Labute approximate surface area is 110 Å². The van der Waals surface area contributed by atoms with Gasteiger partial charge in [-0.3, -0.25) is 4.79 Å². The second-order valence-corrected chi connectivity index (χ2v) is 3.27. The molecule has 8 N–H and O–H groups in total. The van der Waals surface area contributed by atoms with Gasteiger partial charge in [-0.15, -0.1) is 12.4 Å². The highest BCUT2D eigenvalue weighted by Crippen LogP contribution is 2.05. The van der Waals surface area contributed by atoms with Gasteiger partial charge in [-0.25, -0.2) is 4.99 Å². The monoisotopic (exact) mass is 270 g/mol. The fourth-order valence-corrected chi connectivity index (χ4v) is 1.11. The fraction of sp³-hybridized carbons (Fsp3) is 0.100. The molecule has 0 unspecified atom stereocenters. The zero-order chi connectivity index (χ0) is 12.8. The Morgan fingerprint density at radius 1 is 1.06 bits per heavy atom. The van der Waals surface area contributed by atoms with Crippen LogP contribution < -0.4 is 22.9 Å².